The summed E-state index contributed by atoms with van der Waals surface area (Å²) in [5, 5.41) is 3.63. The summed E-state index contributed by atoms with van der Waals surface area (Å²) < 4.78 is 5.36. The number of hydrogen-bond donors (Lipinski definition) is 1. The van der Waals surface area contributed by atoms with Crippen molar-refractivity contribution in [3.8, 4) is 0 Å². The normalized spacial score (nSPS) is 12.2. The van der Waals surface area contributed by atoms with Crippen LogP contribution in [0.5, 0.6) is 0 Å². The van der Waals surface area contributed by atoms with Gasteiger partial charge in [0.05, 0.1) is 11.6 Å². The predicted molar refractivity (Wildman–Crippen MR) is 75.5 cm³/mol. The van der Waals surface area contributed by atoms with Gasteiger partial charge in [-0.15, -0.1) is 0 Å². The molecule has 1 amide bonds. The van der Waals surface area contributed by atoms with Gasteiger partial charge in [-0.25, -0.2) is 0 Å². The van der Waals surface area contributed by atoms with Crippen molar-refractivity contribution in [3.63, 3.8) is 0 Å². The van der Waals surface area contributed by atoms with Gasteiger partial charge in [-0.2, -0.15) is 0 Å². The Hall–Kier alpha value is -1.74. The van der Waals surface area contributed by atoms with Crippen LogP contribution in [0.15, 0.2) is 34.7 Å². The minimum Gasteiger partial charge on any atom is -0.466 e. The lowest BCUT2D eigenvalue weighted by molar-refractivity contribution is 0.0938. The Kier molecular flexibility index (Phi) is 3.96. The molecule has 3 nitrogen and oxygen atoms in total. The van der Waals surface area contributed by atoms with Crippen LogP contribution in [-0.2, 0) is 0 Å². The molecule has 2 rings (SSSR count). The number of carbonyl (C=O) groups excluding carboxylic acids is 1. The second kappa shape index (κ2) is 5.49. The van der Waals surface area contributed by atoms with Gasteiger partial charge in [-0.1, -0.05) is 23.7 Å². The number of benzene rings is 1. The quantitative estimate of drug-likeness (QED) is 0.920. The molecule has 1 heterocycles. The largest absolute Gasteiger partial charge is 0.466 e. The molecule has 0 saturated carbocycles. The van der Waals surface area contributed by atoms with E-state index < -0.39 is 0 Å². The van der Waals surface area contributed by atoms with E-state index in [9.17, 15) is 4.79 Å². The molecule has 19 heavy (non-hydrogen) atoms. The van der Waals surface area contributed by atoms with Crippen molar-refractivity contribution in [2.24, 2.45) is 0 Å². The maximum absolute atomic E-state index is 12.1. The van der Waals surface area contributed by atoms with Crippen molar-refractivity contribution in [2.75, 3.05) is 0 Å². The topological polar surface area (TPSA) is 42.2 Å². The lowest BCUT2D eigenvalue weighted by atomic mass is 10.1. The maximum Gasteiger partial charge on any atom is 0.255 e. The van der Waals surface area contributed by atoms with E-state index in [1.165, 1.54) is 0 Å². The highest BCUT2D eigenvalue weighted by Gasteiger charge is 2.16. The van der Waals surface area contributed by atoms with Crippen LogP contribution in [-0.4, -0.2) is 5.91 Å². The zero-order valence-electron chi connectivity index (χ0n) is 11.2. The average molecular weight is 278 g/mol. The van der Waals surface area contributed by atoms with Crippen molar-refractivity contribution in [3.05, 3.63) is 58.0 Å². The van der Waals surface area contributed by atoms with Crippen molar-refractivity contribution < 1.29 is 9.21 Å². The van der Waals surface area contributed by atoms with Crippen molar-refractivity contribution in [1.82, 2.24) is 5.32 Å². The van der Waals surface area contributed by atoms with E-state index in [1.54, 1.807) is 13.0 Å². The number of aryl methyl sites for hydroxylation is 2. The van der Waals surface area contributed by atoms with Gasteiger partial charge in [0, 0.05) is 5.02 Å². The van der Waals surface area contributed by atoms with Gasteiger partial charge in [-0.05, 0) is 44.5 Å². The van der Waals surface area contributed by atoms with Crippen molar-refractivity contribution in [2.45, 2.75) is 26.8 Å². The molecule has 2 aromatic rings. The van der Waals surface area contributed by atoms with Crippen molar-refractivity contribution in [1.29, 1.82) is 0 Å². The fourth-order valence-electron chi connectivity index (χ4n) is 1.97. The lowest BCUT2D eigenvalue weighted by Gasteiger charge is -2.14. The molecular weight excluding hydrogens is 262 g/mol. The molecule has 0 saturated heterocycles. The lowest BCUT2D eigenvalue weighted by Crippen LogP contribution is -2.26. The summed E-state index contributed by atoms with van der Waals surface area (Å²) in [7, 11) is 0. The molecule has 0 bridgehead atoms. The molecule has 1 N–H and O–H groups in total. The highest BCUT2D eigenvalue weighted by molar-refractivity contribution is 6.30. The number of nitrogens with one attached hydrogen (secondary N) is 1. The molecule has 0 aliphatic heterocycles. The van der Waals surface area contributed by atoms with Crippen LogP contribution in [0.1, 0.15) is 40.4 Å². The second-order valence-corrected chi connectivity index (χ2v) is 5.01. The number of furan rings is 1. The monoisotopic (exact) mass is 277 g/mol. The fraction of sp³-hybridized carbons (Fsp3) is 0.267. The second-order valence-electron chi connectivity index (χ2n) is 4.57. The first-order chi connectivity index (χ1) is 8.97. The summed E-state index contributed by atoms with van der Waals surface area (Å²) in [5.74, 6) is 1.25. The minimum absolute atomic E-state index is 0.0839. The molecule has 0 aliphatic carbocycles. The third-order valence-electron chi connectivity index (χ3n) is 3.00. The summed E-state index contributed by atoms with van der Waals surface area (Å²) in [6.45, 7) is 5.55. The van der Waals surface area contributed by atoms with E-state index in [0.29, 0.717) is 16.3 Å². The van der Waals surface area contributed by atoms with Crippen LogP contribution in [0.4, 0.5) is 0 Å². The SMILES string of the molecule is Cc1cc(C(=O)N[C@@H](C)c2ccc(Cl)cc2)c(C)o1. The molecular formula is C15H16ClNO2. The van der Waals surface area contributed by atoms with Gasteiger partial charge in [0.25, 0.3) is 5.91 Å². The van der Waals surface area contributed by atoms with E-state index in [0.717, 1.165) is 11.3 Å². The standard InChI is InChI=1S/C15H16ClNO2/c1-9-8-14(11(3)19-9)15(18)17-10(2)12-4-6-13(16)7-5-12/h4-8,10H,1-3H3,(H,17,18)/t10-/m0/s1. The van der Waals surface area contributed by atoms with E-state index >= 15 is 0 Å². The molecule has 4 heteroatoms. The van der Waals surface area contributed by atoms with Gasteiger partial charge >= 0.3 is 0 Å². The highest BCUT2D eigenvalue weighted by Crippen LogP contribution is 2.18. The Morgan fingerprint density at radius 1 is 1.26 bits per heavy atom. The minimum atomic E-state index is -0.128. The molecule has 0 radical (unpaired) electrons. The molecule has 100 valence electrons. The van der Waals surface area contributed by atoms with Crippen LogP contribution >= 0.6 is 11.6 Å². The third kappa shape index (κ3) is 3.18. The van der Waals surface area contributed by atoms with Crippen molar-refractivity contribution >= 4 is 17.5 Å². The van der Waals surface area contributed by atoms with E-state index in [1.807, 2.05) is 38.1 Å². The Balaban J connectivity index is 2.10. The molecule has 0 spiro atoms. The first-order valence-electron chi connectivity index (χ1n) is 6.10. The first-order valence-corrected chi connectivity index (χ1v) is 6.48. The van der Waals surface area contributed by atoms with Crippen LogP contribution in [0, 0.1) is 13.8 Å². The van der Waals surface area contributed by atoms with E-state index in [2.05, 4.69) is 5.32 Å². The van der Waals surface area contributed by atoms with Gasteiger partial charge < -0.3 is 9.73 Å². The summed E-state index contributed by atoms with van der Waals surface area (Å²) >= 11 is 5.84. The first kappa shape index (κ1) is 13.7. The Labute approximate surface area is 117 Å². The van der Waals surface area contributed by atoms with Gasteiger partial charge in [0.15, 0.2) is 0 Å². The fourth-order valence-corrected chi connectivity index (χ4v) is 2.09. The number of halogens is 1. The number of amides is 1. The Morgan fingerprint density at radius 2 is 1.89 bits per heavy atom. The van der Waals surface area contributed by atoms with Crippen LogP contribution in [0.2, 0.25) is 5.02 Å². The van der Waals surface area contributed by atoms with E-state index in [4.69, 9.17) is 16.0 Å². The molecule has 1 atom stereocenters. The van der Waals surface area contributed by atoms with Gasteiger partial charge in [0.2, 0.25) is 0 Å². The number of hydrogen-bond acceptors (Lipinski definition) is 2. The van der Waals surface area contributed by atoms with Crippen LogP contribution in [0.25, 0.3) is 0 Å². The average Bonchev–Trinajstić information content (AvgIpc) is 2.69. The van der Waals surface area contributed by atoms with Crippen LogP contribution < -0.4 is 5.32 Å². The zero-order valence-corrected chi connectivity index (χ0v) is 11.9. The summed E-state index contributed by atoms with van der Waals surface area (Å²) in [4.78, 5) is 12.1. The predicted octanol–water partition coefficient (Wildman–Crippen LogP) is 4.04. The molecule has 1 aromatic carbocycles. The third-order valence-corrected chi connectivity index (χ3v) is 3.26. The molecule has 1 aromatic heterocycles. The molecule has 0 unspecified atom stereocenters. The Bertz CT molecular complexity index is 587. The van der Waals surface area contributed by atoms with Crippen LogP contribution in [0.3, 0.4) is 0 Å². The highest BCUT2D eigenvalue weighted by atomic mass is 35.5. The summed E-state index contributed by atoms with van der Waals surface area (Å²) in [6, 6.07) is 9.10. The molecule has 0 fully saturated rings. The molecule has 0 aliphatic rings. The number of carbonyl (C=O) groups is 1. The van der Waals surface area contributed by atoms with E-state index in [-0.39, 0.29) is 11.9 Å². The Morgan fingerprint density at radius 3 is 2.42 bits per heavy atom. The summed E-state index contributed by atoms with van der Waals surface area (Å²) in [6.07, 6.45) is 0. The van der Waals surface area contributed by atoms with Gasteiger partial charge in [-0.3, -0.25) is 4.79 Å². The number of rotatable bonds is 3. The van der Waals surface area contributed by atoms with Gasteiger partial charge in [0.1, 0.15) is 11.5 Å². The smallest absolute Gasteiger partial charge is 0.255 e. The zero-order chi connectivity index (χ0) is 14.0. The maximum atomic E-state index is 12.1. The summed E-state index contributed by atoms with van der Waals surface area (Å²) in [5.41, 5.74) is 1.59.